The van der Waals surface area contributed by atoms with E-state index in [1.165, 1.54) is 6.33 Å². The lowest BCUT2D eigenvalue weighted by Crippen LogP contribution is -2.47. The molecule has 1 atom stereocenters. The molecule has 3 heterocycles. The number of hydrogen-bond acceptors (Lipinski definition) is 6. The molecule has 1 saturated heterocycles. The first-order valence-electron chi connectivity index (χ1n) is 5.80. The van der Waals surface area contributed by atoms with Gasteiger partial charge < -0.3 is 4.90 Å². The van der Waals surface area contributed by atoms with Crippen molar-refractivity contribution in [3.8, 4) is 0 Å². The van der Waals surface area contributed by atoms with Crippen LogP contribution < -0.4 is 4.90 Å². The number of halogens is 1. The van der Waals surface area contributed by atoms with Crippen LogP contribution in [0.2, 0.25) is 5.15 Å². The van der Waals surface area contributed by atoms with Gasteiger partial charge in [0.05, 0.1) is 11.5 Å². The Kier molecular flexibility index (Phi) is 2.86. The van der Waals surface area contributed by atoms with Gasteiger partial charge in [0, 0.05) is 18.7 Å². The SMILES string of the molecule is CC1CS(=O)(=O)CCN1c1cc(Cl)nc2ncnn12. The molecule has 1 fully saturated rings. The second kappa shape index (κ2) is 4.31. The quantitative estimate of drug-likeness (QED) is 0.709. The second-order valence-electron chi connectivity index (χ2n) is 4.57. The van der Waals surface area contributed by atoms with Gasteiger partial charge in [-0.3, -0.25) is 0 Å². The van der Waals surface area contributed by atoms with E-state index in [-0.39, 0.29) is 17.5 Å². The minimum atomic E-state index is -2.96. The fourth-order valence-corrected chi connectivity index (χ4v) is 4.04. The smallest absolute Gasteiger partial charge is 0.255 e. The summed E-state index contributed by atoms with van der Waals surface area (Å²) in [5, 5.41) is 4.41. The number of hydrogen-bond donors (Lipinski definition) is 0. The zero-order valence-corrected chi connectivity index (χ0v) is 11.8. The van der Waals surface area contributed by atoms with Gasteiger partial charge in [-0.25, -0.2) is 8.42 Å². The van der Waals surface area contributed by atoms with Crippen LogP contribution in [-0.2, 0) is 9.84 Å². The van der Waals surface area contributed by atoms with Gasteiger partial charge in [0.25, 0.3) is 5.78 Å². The molecule has 1 aliphatic heterocycles. The van der Waals surface area contributed by atoms with Crippen molar-refractivity contribution in [2.45, 2.75) is 13.0 Å². The molecule has 7 nitrogen and oxygen atoms in total. The number of aromatic nitrogens is 4. The lowest BCUT2D eigenvalue weighted by molar-refractivity contribution is 0.565. The van der Waals surface area contributed by atoms with E-state index in [1.54, 1.807) is 10.6 Å². The molecule has 0 bridgehead atoms. The second-order valence-corrected chi connectivity index (χ2v) is 7.18. The Morgan fingerprint density at radius 2 is 2.26 bits per heavy atom. The molecule has 0 saturated carbocycles. The minimum absolute atomic E-state index is 0.128. The topological polar surface area (TPSA) is 80.5 Å². The Morgan fingerprint density at radius 1 is 1.47 bits per heavy atom. The van der Waals surface area contributed by atoms with Gasteiger partial charge in [0.2, 0.25) is 0 Å². The van der Waals surface area contributed by atoms with Crippen LogP contribution in [0, 0.1) is 0 Å². The van der Waals surface area contributed by atoms with Crippen molar-refractivity contribution >= 4 is 33.0 Å². The third-order valence-corrected chi connectivity index (χ3v) is 5.15. The van der Waals surface area contributed by atoms with Crippen molar-refractivity contribution in [3.63, 3.8) is 0 Å². The molecule has 1 aliphatic rings. The Morgan fingerprint density at radius 3 is 3.00 bits per heavy atom. The van der Waals surface area contributed by atoms with Crippen LogP contribution in [0.4, 0.5) is 5.82 Å². The molecule has 0 radical (unpaired) electrons. The summed E-state index contributed by atoms with van der Waals surface area (Å²) in [5.41, 5.74) is 0. The van der Waals surface area contributed by atoms with Crippen LogP contribution in [0.15, 0.2) is 12.4 Å². The fraction of sp³-hybridized carbons (Fsp3) is 0.500. The summed E-state index contributed by atoms with van der Waals surface area (Å²) in [6.45, 7) is 2.28. The highest BCUT2D eigenvalue weighted by molar-refractivity contribution is 7.91. The van der Waals surface area contributed by atoms with Crippen molar-refractivity contribution in [2.75, 3.05) is 23.0 Å². The fourth-order valence-electron chi connectivity index (χ4n) is 2.31. The first-order chi connectivity index (χ1) is 8.96. The molecule has 102 valence electrons. The van der Waals surface area contributed by atoms with Gasteiger partial charge >= 0.3 is 0 Å². The molecule has 0 amide bonds. The maximum atomic E-state index is 11.6. The average Bonchev–Trinajstić information content (AvgIpc) is 2.74. The Balaban J connectivity index is 2.07. The van der Waals surface area contributed by atoms with Gasteiger partial charge in [-0.15, -0.1) is 0 Å². The third-order valence-electron chi connectivity index (χ3n) is 3.17. The van der Waals surface area contributed by atoms with Gasteiger partial charge in [-0.2, -0.15) is 19.6 Å². The van der Waals surface area contributed by atoms with Crippen LogP contribution in [0.1, 0.15) is 6.92 Å². The Bertz CT molecular complexity index is 729. The van der Waals surface area contributed by atoms with Crippen LogP contribution in [0.25, 0.3) is 5.78 Å². The standard InChI is InChI=1S/C10H12ClN5O2S/c1-7-5-19(17,18)3-2-15(7)9-4-8(11)14-10-12-6-13-16(9)10/h4,6-7H,2-3,5H2,1H3. The highest BCUT2D eigenvalue weighted by atomic mass is 35.5. The molecule has 9 heteroatoms. The van der Waals surface area contributed by atoms with Crippen LogP contribution >= 0.6 is 11.6 Å². The maximum absolute atomic E-state index is 11.6. The highest BCUT2D eigenvalue weighted by Gasteiger charge is 2.30. The summed E-state index contributed by atoms with van der Waals surface area (Å²) >= 11 is 5.97. The molecule has 0 aromatic carbocycles. The van der Waals surface area contributed by atoms with E-state index in [0.29, 0.717) is 17.5 Å². The van der Waals surface area contributed by atoms with Gasteiger partial charge in [0.1, 0.15) is 17.3 Å². The van der Waals surface area contributed by atoms with E-state index in [4.69, 9.17) is 11.6 Å². The normalized spacial score (nSPS) is 22.8. The lowest BCUT2D eigenvalue weighted by Gasteiger charge is -2.34. The third kappa shape index (κ3) is 2.25. The molecular weight excluding hydrogens is 290 g/mol. The van der Waals surface area contributed by atoms with Crippen molar-refractivity contribution in [1.82, 2.24) is 19.6 Å². The molecule has 1 unspecified atom stereocenters. The van der Waals surface area contributed by atoms with Crippen LogP contribution in [-0.4, -0.2) is 52.1 Å². The van der Waals surface area contributed by atoms with E-state index in [0.717, 1.165) is 5.82 Å². The van der Waals surface area contributed by atoms with Crippen LogP contribution in [0.5, 0.6) is 0 Å². The molecule has 2 aromatic rings. The largest absolute Gasteiger partial charge is 0.352 e. The van der Waals surface area contributed by atoms with E-state index in [9.17, 15) is 8.42 Å². The Hall–Kier alpha value is -1.41. The van der Waals surface area contributed by atoms with Gasteiger partial charge in [-0.05, 0) is 6.92 Å². The van der Waals surface area contributed by atoms with Crippen molar-refractivity contribution in [3.05, 3.63) is 17.5 Å². The Labute approximate surface area is 115 Å². The summed E-state index contributed by atoms with van der Waals surface area (Å²) in [6, 6.07) is 1.54. The van der Waals surface area contributed by atoms with Crippen molar-refractivity contribution in [2.24, 2.45) is 0 Å². The summed E-state index contributed by atoms with van der Waals surface area (Å²) < 4.78 is 24.8. The number of rotatable bonds is 1. The summed E-state index contributed by atoms with van der Waals surface area (Å²) in [5.74, 6) is 1.38. The summed E-state index contributed by atoms with van der Waals surface area (Å²) in [4.78, 5) is 10.0. The monoisotopic (exact) mass is 301 g/mol. The number of anilines is 1. The first-order valence-corrected chi connectivity index (χ1v) is 7.99. The zero-order chi connectivity index (χ0) is 13.6. The molecule has 19 heavy (non-hydrogen) atoms. The molecule has 0 aliphatic carbocycles. The molecule has 2 aromatic heterocycles. The number of nitrogens with zero attached hydrogens (tertiary/aromatic N) is 5. The maximum Gasteiger partial charge on any atom is 0.255 e. The molecule has 0 N–H and O–H groups in total. The number of sulfone groups is 1. The summed E-state index contributed by atoms with van der Waals surface area (Å²) in [6.07, 6.45) is 1.40. The van der Waals surface area contributed by atoms with Gasteiger partial charge in [0.15, 0.2) is 9.84 Å². The predicted molar refractivity (Wildman–Crippen MR) is 71.3 cm³/mol. The number of fused-ring (bicyclic) bond motifs is 1. The van der Waals surface area contributed by atoms with E-state index < -0.39 is 9.84 Å². The average molecular weight is 302 g/mol. The van der Waals surface area contributed by atoms with E-state index >= 15 is 0 Å². The molecular formula is C10H12ClN5O2S. The zero-order valence-electron chi connectivity index (χ0n) is 10.2. The van der Waals surface area contributed by atoms with E-state index in [1.807, 2.05) is 11.8 Å². The minimum Gasteiger partial charge on any atom is -0.352 e. The summed E-state index contributed by atoms with van der Waals surface area (Å²) in [7, 11) is -2.96. The van der Waals surface area contributed by atoms with Crippen molar-refractivity contribution in [1.29, 1.82) is 0 Å². The molecule has 3 rings (SSSR count). The lowest BCUT2D eigenvalue weighted by atomic mass is 10.3. The van der Waals surface area contributed by atoms with E-state index in [2.05, 4.69) is 15.1 Å². The highest BCUT2D eigenvalue weighted by Crippen LogP contribution is 2.23. The first kappa shape index (κ1) is 12.6. The van der Waals surface area contributed by atoms with Crippen LogP contribution in [0.3, 0.4) is 0 Å². The van der Waals surface area contributed by atoms with Crippen molar-refractivity contribution < 1.29 is 8.42 Å². The predicted octanol–water partition coefficient (Wildman–Crippen LogP) is 0.401. The molecule has 0 spiro atoms. The van der Waals surface area contributed by atoms with Gasteiger partial charge in [-0.1, -0.05) is 11.6 Å².